The molecule has 0 saturated carbocycles. The van der Waals surface area contributed by atoms with E-state index in [4.69, 9.17) is 16.6 Å². The molecule has 7 nitrogen and oxygen atoms in total. The van der Waals surface area contributed by atoms with Crippen LogP contribution >= 0.6 is 11.6 Å². The Morgan fingerprint density at radius 1 is 1.00 bits per heavy atom. The first-order valence-electron chi connectivity index (χ1n) is 11.6. The smallest absolute Gasteiger partial charge is 0.144 e. The fraction of sp³-hybridized carbons (Fsp3) is 0.111. The second kappa shape index (κ2) is 9.34. The molecule has 1 aromatic carbocycles. The van der Waals surface area contributed by atoms with Gasteiger partial charge in [0.25, 0.3) is 0 Å². The maximum Gasteiger partial charge on any atom is 0.144 e. The van der Waals surface area contributed by atoms with E-state index in [9.17, 15) is 8.78 Å². The molecule has 6 aromatic rings. The normalized spacial score (nSPS) is 11.6. The average Bonchev–Trinajstić information content (AvgIpc) is 3.54. The van der Waals surface area contributed by atoms with Crippen LogP contribution in [0.1, 0.15) is 0 Å². The summed E-state index contributed by atoms with van der Waals surface area (Å²) in [4.78, 5) is 17.2. The molecule has 6 rings (SSSR count). The molecule has 37 heavy (non-hydrogen) atoms. The van der Waals surface area contributed by atoms with Crippen LogP contribution in [-0.2, 0) is 6.54 Å². The summed E-state index contributed by atoms with van der Waals surface area (Å²) >= 11 is 6.01. The fourth-order valence-electron chi connectivity index (χ4n) is 4.35. The van der Waals surface area contributed by atoms with Crippen LogP contribution < -0.4 is 5.32 Å². The Hall–Kier alpha value is -4.21. The summed E-state index contributed by atoms with van der Waals surface area (Å²) in [7, 11) is 1.90. The number of rotatable bonds is 6. The fourth-order valence-corrected chi connectivity index (χ4v) is 4.52. The molecule has 0 aliphatic heterocycles. The molecule has 5 aromatic heterocycles. The van der Waals surface area contributed by atoms with E-state index in [1.54, 1.807) is 24.7 Å². The minimum Gasteiger partial charge on any atom is -0.353 e. The molecule has 5 heterocycles. The summed E-state index contributed by atoms with van der Waals surface area (Å²) in [6.07, 6.45) is 7.21. The highest BCUT2D eigenvalue weighted by atomic mass is 35.5. The van der Waals surface area contributed by atoms with Gasteiger partial charge in [-0.3, -0.25) is 14.6 Å². The summed E-state index contributed by atoms with van der Waals surface area (Å²) in [6, 6.07) is 11.3. The van der Waals surface area contributed by atoms with Crippen molar-refractivity contribution in [3.05, 3.63) is 83.9 Å². The Balaban J connectivity index is 1.50. The van der Waals surface area contributed by atoms with Crippen LogP contribution in [0.25, 0.3) is 55.7 Å². The highest BCUT2D eigenvalue weighted by molar-refractivity contribution is 6.31. The van der Waals surface area contributed by atoms with Gasteiger partial charge in [0.1, 0.15) is 11.6 Å². The van der Waals surface area contributed by atoms with Crippen molar-refractivity contribution in [3.8, 4) is 33.6 Å². The molecule has 0 aliphatic carbocycles. The van der Waals surface area contributed by atoms with Crippen LogP contribution in [0.4, 0.5) is 8.78 Å². The summed E-state index contributed by atoms with van der Waals surface area (Å²) in [6.45, 7) is 1.56. The third kappa shape index (κ3) is 4.22. The van der Waals surface area contributed by atoms with E-state index >= 15 is 0 Å². The van der Waals surface area contributed by atoms with Gasteiger partial charge in [0, 0.05) is 47.9 Å². The Labute approximate surface area is 215 Å². The maximum absolute atomic E-state index is 14.9. The zero-order chi connectivity index (χ0) is 25.5. The minimum atomic E-state index is -0.824. The first-order chi connectivity index (χ1) is 18.0. The molecular formula is C27H20ClF2N7. The second-order valence-electron chi connectivity index (χ2n) is 8.58. The quantitative estimate of drug-likeness (QED) is 0.272. The zero-order valence-corrected chi connectivity index (χ0v) is 20.4. The molecule has 0 radical (unpaired) electrons. The number of likely N-dealkylation sites (N-methyl/N-ethyl adjacent to an activating group) is 1. The van der Waals surface area contributed by atoms with E-state index in [1.165, 1.54) is 6.07 Å². The number of halogens is 3. The van der Waals surface area contributed by atoms with E-state index < -0.39 is 11.6 Å². The van der Waals surface area contributed by atoms with Crippen LogP contribution in [0.2, 0.25) is 5.02 Å². The molecule has 0 aliphatic rings. The molecule has 0 spiro atoms. The summed E-state index contributed by atoms with van der Waals surface area (Å²) in [5.41, 5.74) is 6.16. The molecule has 2 N–H and O–H groups in total. The van der Waals surface area contributed by atoms with E-state index in [1.807, 2.05) is 42.2 Å². The van der Waals surface area contributed by atoms with Crippen molar-refractivity contribution >= 4 is 33.7 Å². The van der Waals surface area contributed by atoms with Crippen LogP contribution in [0.3, 0.4) is 0 Å². The third-order valence-corrected chi connectivity index (χ3v) is 6.47. The van der Waals surface area contributed by atoms with Crippen molar-refractivity contribution in [2.24, 2.45) is 0 Å². The number of H-pyrrole nitrogens is 1. The lowest BCUT2D eigenvalue weighted by atomic mass is 10.0. The second-order valence-corrected chi connectivity index (χ2v) is 8.98. The maximum atomic E-state index is 14.9. The third-order valence-electron chi connectivity index (χ3n) is 6.18. The molecule has 10 heteroatoms. The SMILES string of the molecule is CNCCn1cc(-c2cnc3ccc(-c4c(-c5cc(Cl)c(F)cc5F)[nH]c5cccnc45)nc3c2)cn1. The summed E-state index contributed by atoms with van der Waals surface area (Å²) < 4.78 is 30.7. The van der Waals surface area contributed by atoms with Gasteiger partial charge >= 0.3 is 0 Å². The Morgan fingerprint density at radius 3 is 2.76 bits per heavy atom. The van der Waals surface area contributed by atoms with Gasteiger partial charge in [-0.15, -0.1) is 0 Å². The van der Waals surface area contributed by atoms with Crippen molar-refractivity contribution < 1.29 is 8.78 Å². The predicted octanol–water partition coefficient (Wildman–Crippen LogP) is 5.85. The number of nitrogens with zero attached hydrogens (tertiary/aromatic N) is 5. The molecule has 0 unspecified atom stereocenters. The number of pyridine rings is 3. The number of nitrogens with one attached hydrogen (secondary N) is 2. The number of aromatic nitrogens is 6. The highest BCUT2D eigenvalue weighted by Crippen LogP contribution is 2.39. The van der Waals surface area contributed by atoms with Crippen LogP contribution in [0.15, 0.2) is 67.3 Å². The van der Waals surface area contributed by atoms with Crippen molar-refractivity contribution in [1.82, 2.24) is 35.0 Å². The minimum absolute atomic E-state index is 0.127. The van der Waals surface area contributed by atoms with Gasteiger partial charge in [-0.1, -0.05) is 11.6 Å². The summed E-state index contributed by atoms with van der Waals surface area (Å²) in [5, 5.41) is 7.34. The Bertz CT molecular complexity index is 1780. The van der Waals surface area contributed by atoms with E-state index in [-0.39, 0.29) is 10.6 Å². The number of hydrogen-bond donors (Lipinski definition) is 2. The van der Waals surface area contributed by atoms with Crippen LogP contribution in [0.5, 0.6) is 0 Å². The molecule has 0 fully saturated rings. The van der Waals surface area contributed by atoms with Gasteiger partial charge in [0.15, 0.2) is 0 Å². The number of hydrogen-bond acceptors (Lipinski definition) is 5. The molecule has 0 atom stereocenters. The van der Waals surface area contributed by atoms with Gasteiger partial charge < -0.3 is 10.3 Å². The average molecular weight is 516 g/mol. The zero-order valence-electron chi connectivity index (χ0n) is 19.6. The molecule has 0 amide bonds. The first kappa shape index (κ1) is 23.2. The molecule has 0 saturated heterocycles. The summed E-state index contributed by atoms with van der Waals surface area (Å²) in [5.74, 6) is -1.56. The van der Waals surface area contributed by atoms with Crippen molar-refractivity contribution in [3.63, 3.8) is 0 Å². The highest BCUT2D eigenvalue weighted by Gasteiger charge is 2.21. The van der Waals surface area contributed by atoms with Crippen LogP contribution in [-0.4, -0.2) is 43.3 Å². The monoisotopic (exact) mass is 515 g/mol. The molecule has 184 valence electrons. The van der Waals surface area contributed by atoms with Gasteiger partial charge in [-0.05, 0) is 43.4 Å². The van der Waals surface area contributed by atoms with Crippen molar-refractivity contribution in [2.45, 2.75) is 6.54 Å². The van der Waals surface area contributed by atoms with Gasteiger partial charge in [-0.25, -0.2) is 13.8 Å². The lowest BCUT2D eigenvalue weighted by Gasteiger charge is -2.08. The van der Waals surface area contributed by atoms with Crippen LogP contribution in [0, 0.1) is 11.6 Å². The number of fused-ring (bicyclic) bond motifs is 2. The number of aromatic amines is 1. The Morgan fingerprint density at radius 2 is 1.89 bits per heavy atom. The standard InChI is InChI=1S/C27H20ClF2N7/c1-31-7-8-37-14-16(13-34-37)15-9-24-21(33-12-15)4-5-22(35-24)25-26(36-23-3-2-6-32-27(23)25)17-10-18(28)20(30)11-19(17)29/h2-6,9-14,31,36H,7-8H2,1H3. The predicted molar refractivity (Wildman–Crippen MR) is 140 cm³/mol. The first-order valence-corrected chi connectivity index (χ1v) is 12.0. The topological polar surface area (TPSA) is 84.3 Å². The lowest BCUT2D eigenvalue weighted by molar-refractivity contribution is 0.585. The largest absolute Gasteiger partial charge is 0.353 e. The lowest BCUT2D eigenvalue weighted by Crippen LogP contribution is -2.14. The van der Waals surface area contributed by atoms with E-state index in [2.05, 4.69) is 25.4 Å². The molecule has 0 bridgehead atoms. The van der Waals surface area contributed by atoms with E-state index in [0.717, 1.165) is 30.3 Å². The number of benzene rings is 1. The Kier molecular flexibility index (Phi) is 5.86. The van der Waals surface area contributed by atoms with E-state index in [0.29, 0.717) is 39.0 Å². The van der Waals surface area contributed by atoms with Crippen molar-refractivity contribution in [1.29, 1.82) is 0 Å². The van der Waals surface area contributed by atoms with Gasteiger partial charge in [-0.2, -0.15) is 5.10 Å². The van der Waals surface area contributed by atoms with Gasteiger partial charge in [0.05, 0.1) is 56.8 Å². The van der Waals surface area contributed by atoms with Crippen molar-refractivity contribution in [2.75, 3.05) is 13.6 Å². The van der Waals surface area contributed by atoms with Gasteiger partial charge in [0.2, 0.25) is 0 Å². The molecular weight excluding hydrogens is 496 g/mol.